The number of Topliss-reactive ketones (excluding diaryl/α,β-unsaturated/α-hetero) is 1. The van der Waals surface area contributed by atoms with Crippen LogP contribution in [0.25, 0.3) is 0 Å². The highest BCUT2D eigenvalue weighted by Gasteiger charge is 2.12. The molecule has 0 saturated carbocycles. The Hall–Kier alpha value is -2.21. The lowest BCUT2D eigenvalue weighted by molar-refractivity contribution is -0.141. The van der Waals surface area contributed by atoms with Crippen LogP contribution in [0.2, 0.25) is 0 Å². The van der Waals surface area contributed by atoms with E-state index < -0.39 is 5.97 Å². The maximum atomic E-state index is 11.9. The molecule has 6 heteroatoms. The Labute approximate surface area is 132 Å². The van der Waals surface area contributed by atoms with Gasteiger partial charge in [0.15, 0.2) is 12.4 Å². The molecule has 0 unspecified atom stereocenters. The predicted molar refractivity (Wildman–Crippen MR) is 83.5 cm³/mol. The minimum absolute atomic E-state index is 0.0842. The number of nitrogens with zero attached hydrogens (tertiary/aromatic N) is 1. The first kappa shape index (κ1) is 16.2. The number of ketones is 1. The van der Waals surface area contributed by atoms with E-state index in [0.29, 0.717) is 23.6 Å². The zero-order chi connectivity index (χ0) is 15.9. The number of rotatable bonds is 7. The third-order valence-corrected chi connectivity index (χ3v) is 3.67. The van der Waals surface area contributed by atoms with Crippen LogP contribution in [0.5, 0.6) is 5.75 Å². The molecule has 22 heavy (non-hydrogen) atoms. The third-order valence-electron chi connectivity index (χ3n) is 2.84. The number of esters is 1. The molecule has 0 spiro atoms. The summed E-state index contributed by atoms with van der Waals surface area (Å²) in [7, 11) is 0. The summed E-state index contributed by atoms with van der Waals surface area (Å²) >= 11 is 1.48. The summed E-state index contributed by atoms with van der Waals surface area (Å²) in [6.07, 6.45) is 0.0842. The standard InChI is InChI=1S/C16H17NO4S/c1-3-20-14-6-4-12(5-7-14)15(18)9-21-16(19)8-13-10-22-11(2)17-13/h4-7,10H,3,8-9H2,1-2H3. The Kier molecular flexibility index (Phi) is 5.66. The second-order valence-electron chi connectivity index (χ2n) is 4.58. The highest BCUT2D eigenvalue weighted by Crippen LogP contribution is 2.13. The summed E-state index contributed by atoms with van der Waals surface area (Å²) in [6.45, 7) is 4.06. The summed E-state index contributed by atoms with van der Waals surface area (Å²) in [4.78, 5) is 27.8. The monoisotopic (exact) mass is 319 g/mol. The van der Waals surface area contributed by atoms with Gasteiger partial charge in [0.1, 0.15) is 5.75 Å². The van der Waals surface area contributed by atoms with Crippen molar-refractivity contribution >= 4 is 23.1 Å². The van der Waals surface area contributed by atoms with Crippen molar-refractivity contribution < 1.29 is 19.1 Å². The first-order valence-corrected chi connectivity index (χ1v) is 7.79. The molecule has 116 valence electrons. The van der Waals surface area contributed by atoms with Crippen molar-refractivity contribution in [1.29, 1.82) is 0 Å². The average Bonchev–Trinajstić information content (AvgIpc) is 2.91. The van der Waals surface area contributed by atoms with Crippen molar-refractivity contribution in [3.05, 3.63) is 45.9 Å². The van der Waals surface area contributed by atoms with E-state index in [1.54, 1.807) is 24.3 Å². The van der Waals surface area contributed by atoms with Crippen LogP contribution < -0.4 is 4.74 Å². The van der Waals surface area contributed by atoms with Gasteiger partial charge in [0.05, 0.1) is 23.7 Å². The molecular weight excluding hydrogens is 302 g/mol. The van der Waals surface area contributed by atoms with Gasteiger partial charge in [-0.1, -0.05) is 0 Å². The van der Waals surface area contributed by atoms with Gasteiger partial charge >= 0.3 is 5.97 Å². The lowest BCUT2D eigenvalue weighted by atomic mass is 10.1. The maximum Gasteiger partial charge on any atom is 0.312 e. The molecule has 0 N–H and O–H groups in total. The van der Waals surface area contributed by atoms with Crippen LogP contribution in [0.15, 0.2) is 29.6 Å². The summed E-state index contributed by atoms with van der Waals surface area (Å²) in [5.74, 6) is 0.00499. The van der Waals surface area contributed by atoms with E-state index >= 15 is 0 Å². The second kappa shape index (κ2) is 7.70. The lowest BCUT2D eigenvalue weighted by Crippen LogP contribution is -2.15. The zero-order valence-corrected chi connectivity index (χ0v) is 13.3. The third kappa shape index (κ3) is 4.66. The van der Waals surface area contributed by atoms with E-state index in [4.69, 9.17) is 9.47 Å². The molecule has 5 nitrogen and oxygen atoms in total. The van der Waals surface area contributed by atoms with Gasteiger partial charge in [-0.25, -0.2) is 4.98 Å². The Morgan fingerprint density at radius 3 is 2.55 bits per heavy atom. The molecule has 1 aromatic carbocycles. The Morgan fingerprint density at radius 2 is 1.95 bits per heavy atom. The number of aromatic nitrogens is 1. The molecule has 0 aliphatic carbocycles. The van der Waals surface area contributed by atoms with E-state index in [-0.39, 0.29) is 18.8 Å². The lowest BCUT2D eigenvalue weighted by Gasteiger charge is -2.05. The van der Waals surface area contributed by atoms with Crippen molar-refractivity contribution in [3.8, 4) is 5.75 Å². The molecule has 1 heterocycles. The van der Waals surface area contributed by atoms with Gasteiger partial charge in [-0.05, 0) is 38.1 Å². The Balaban J connectivity index is 1.82. The number of benzene rings is 1. The fourth-order valence-electron chi connectivity index (χ4n) is 1.82. The topological polar surface area (TPSA) is 65.5 Å². The number of hydrogen-bond acceptors (Lipinski definition) is 6. The van der Waals surface area contributed by atoms with Gasteiger partial charge in [-0.3, -0.25) is 9.59 Å². The van der Waals surface area contributed by atoms with Crippen molar-refractivity contribution in [2.24, 2.45) is 0 Å². The van der Waals surface area contributed by atoms with Crippen molar-refractivity contribution in [3.63, 3.8) is 0 Å². The molecule has 0 fully saturated rings. The molecule has 2 rings (SSSR count). The molecule has 0 bridgehead atoms. The van der Waals surface area contributed by atoms with E-state index in [1.165, 1.54) is 11.3 Å². The summed E-state index contributed by atoms with van der Waals surface area (Å²) in [5.41, 5.74) is 1.15. The number of carbonyl (C=O) groups excluding carboxylic acids is 2. The van der Waals surface area contributed by atoms with Gasteiger partial charge < -0.3 is 9.47 Å². The van der Waals surface area contributed by atoms with Crippen LogP contribution in [0.1, 0.15) is 28.0 Å². The van der Waals surface area contributed by atoms with Gasteiger partial charge in [-0.2, -0.15) is 0 Å². The number of hydrogen-bond donors (Lipinski definition) is 0. The highest BCUT2D eigenvalue weighted by atomic mass is 32.1. The number of carbonyl (C=O) groups is 2. The first-order valence-electron chi connectivity index (χ1n) is 6.91. The molecule has 0 atom stereocenters. The Bertz CT molecular complexity index is 648. The minimum atomic E-state index is -0.454. The van der Waals surface area contributed by atoms with Crippen molar-refractivity contribution in [1.82, 2.24) is 4.98 Å². The summed E-state index contributed by atoms with van der Waals surface area (Å²) < 4.78 is 10.3. The normalized spacial score (nSPS) is 10.3. The predicted octanol–water partition coefficient (Wildman–Crippen LogP) is 2.82. The van der Waals surface area contributed by atoms with Crippen LogP contribution in [0.3, 0.4) is 0 Å². The van der Waals surface area contributed by atoms with Gasteiger partial charge in [0, 0.05) is 10.9 Å². The smallest absolute Gasteiger partial charge is 0.312 e. The molecule has 0 amide bonds. The number of aryl methyl sites for hydroxylation is 1. The van der Waals surface area contributed by atoms with E-state index in [0.717, 1.165) is 5.01 Å². The van der Waals surface area contributed by atoms with Crippen molar-refractivity contribution in [2.75, 3.05) is 13.2 Å². The van der Waals surface area contributed by atoms with E-state index in [2.05, 4.69) is 4.98 Å². The molecule has 0 aliphatic heterocycles. The second-order valence-corrected chi connectivity index (χ2v) is 5.64. The fraction of sp³-hybridized carbons (Fsp3) is 0.312. The summed E-state index contributed by atoms with van der Waals surface area (Å²) in [5, 5.41) is 2.71. The van der Waals surface area contributed by atoms with Gasteiger partial charge in [0.25, 0.3) is 0 Å². The molecule has 0 aliphatic rings. The summed E-state index contributed by atoms with van der Waals surface area (Å²) in [6, 6.07) is 6.75. The number of ether oxygens (including phenoxy) is 2. The van der Waals surface area contributed by atoms with Crippen molar-refractivity contribution in [2.45, 2.75) is 20.3 Å². The van der Waals surface area contributed by atoms with Crippen LogP contribution in [-0.2, 0) is 16.0 Å². The fourth-order valence-corrected chi connectivity index (χ4v) is 2.43. The van der Waals surface area contributed by atoms with Crippen LogP contribution in [0.4, 0.5) is 0 Å². The zero-order valence-electron chi connectivity index (χ0n) is 12.5. The van der Waals surface area contributed by atoms with Gasteiger partial charge in [-0.15, -0.1) is 11.3 Å². The van der Waals surface area contributed by atoms with Crippen LogP contribution >= 0.6 is 11.3 Å². The van der Waals surface area contributed by atoms with Crippen LogP contribution in [-0.4, -0.2) is 30.0 Å². The number of thiazole rings is 1. The maximum absolute atomic E-state index is 11.9. The average molecular weight is 319 g/mol. The molecule has 2 aromatic rings. The van der Waals surface area contributed by atoms with E-state index in [1.807, 2.05) is 19.2 Å². The first-order chi connectivity index (χ1) is 10.6. The molecule has 1 aromatic heterocycles. The largest absolute Gasteiger partial charge is 0.494 e. The molecular formula is C16H17NO4S. The molecule has 0 saturated heterocycles. The minimum Gasteiger partial charge on any atom is -0.494 e. The highest BCUT2D eigenvalue weighted by molar-refractivity contribution is 7.09. The quantitative estimate of drug-likeness (QED) is 0.580. The Morgan fingerprint density at radius 1 is 1.23 bits per heavy atom. The van der Waals surface area contributed by atoms with Gasteiger partial charge in [0.2, 0.25) is 0 Å². The van der Waals surface area contributed by atoms with Crippen LogP contribution in [0, 0.1) is 6.92 Å². The SMILES string of the molecule is CCOc1ccc(C(=O)COC(=O)Cc2csc(C)n2)cc1. The van der Waals surface area contributed by atoms with E-state index in [9.17, 15) is 9.59 Å². The molecule has 0 radical (unpaired) electrons.